The van der Waals surface area contributed by atoms with Gasteiger partial charge in [-0.1, -0.05) is 24.3 Å². The number of fused-ring (bicyclic) bond motifs is 1. The number of anilines is 1. The van der Waals surface area contributed by atoms with E-state index in [0.717, 1.165) is 5.56 Å². The molecule has 9 nitrogen and oxygen atoms in total. The fourth-order valence-electron chi connectivity index (χ4n) is 3.07. The molecule has 2 aromatic carbocycles. The second-order valence-electron chi connectivity index (χ2n) is 6.90. The summed E-state index contributed by atoms with van der Waals surface area (Å²) in [5.41, 5.74) is 7.64. The van der Waals surface area contributed by atoms with Crippen LogP contribution in [0.2, 0.25) is 0 Å². The zero-order valence-electron chi connectivity index (χ0n) is 16.4. The molecule has 0 bridgehead atoms. The number of nitrogens with two attached hydrogens (primary N) is 1. The molecule has 0 aliphatic carbocycles. The number of carboxylic acid groups (broad SMARTS) is 1. The average Bonchev–Trinajstić information content (AvgIpc) is 2.81. The lowest BCUT2D eigenvalue weighted by Gasteiger charge is -2.19. The largest absolute Gasteiger partial charge is 0.489 e. The second kappa shape index (κ2) is 8.64. The first-order valence-corrected chi connectivity index (χ1v) is 9.24. The number of ether oxygens (including phenoxy) is 1. The van der Waals surface area contributed by atoms with Crippen molar-refractivity contribution in [1.82, 2.24) is 4.90 Å². The van der Waals surface area contributed by atoms with Crippen molar-refractivity contribution < 1.29 is 24.2 Å². The van der Waals surface area contributed by atoms with Gasteiger partial charge in [0.25, 0.3) is 5.91 Å². The Morgan fingerprint density at radius 3 is 2.53 bits per heavy atom. The molecule has 2 amide bonds. The van der Waals surface area contributed by atoms with Crippen molar-refractivity contribution >= 4 is 29.3 Å². The minimum absolute atomic E-state index is 0.0159. The molecule has 156 valence electrons. The van der Waals surface area contributed by atoms with Crippen LogP contribution < -0.4 is 15.4 Å². The summed E-state index contributed by atoms with van der Waals surface area (Å²) in [6.45, 7) is -0.000585. The van der Waals surface area contributed by atoms with Crippen LogP contribution in [0, 0.1) is 5.41 Å². The summed E-state index contributed by atoms with van der Waals surface area (Å²) in [5, 5.41) is 16.3. The number of hydrogen-bond donors (Lipinski definition) is 3. The number of hydrogen-bond acceptors (Lipinski definition) is 5. The lowest BCUT2D eigenvalue weighted by Crippen LogP contribution is -2.38. The molecule has 1 aliphatic rings. The van der Waals surface area contributed by atoms with Crippen LogP contribution in [0.4, 0.5) is 5.69 Å². The van der Waals surface area contributed by atoms with E-state index in [1.807, 2.05) is 0 Å². The average molecular weight is 410 g/mol. The van der Waals surface area contributed by atoms with Crippen molar-refractivity contribution in [3.8, 4) is 5.75 Å². The maximum absolute atomic E-state index is 12.9. The first-order chi connectivity index (χ1) is 14.3. The Bertz CT molecular complexity index is 1000. The SMILES string of the molecule is CN1C(=O)CN(CCC(=O)O)C(=O)c2cc(OCc3ccc(C(=N)N)cc3)ccc21. The lowest BCUT2D eigenvalue weighted by atomic mass is 10.1. The van der Waals surface area contributed by atoms with Gasteiger partial charge >= 0.3 is 5.97 Å². The van der Waals surface area contributed by atoms with Gasteiger partial charge in [0, 0.05) is 19.2 Å². The van der Waals surface area contributed by atoms with E-state index in [-0.39, 0.29) is 43.4 Å². The number of carbonyl (C=O) groups is 3. The Kier molecular flexibility index (Phi) is 6.01. The van der Waals surface area contributed by atoms with Gasteiger partial charge in [-0.25, -0.2) is 0 Å². The highest BCUT2D eigenvalue weighted by Crippen LogP contribution is 2.29. The molecule has 0 unspecified atom stereocenters. The topological polar surface area (TPSA) is 137 Å². The number of rotatable bonds is 7. The number of likely N-dealkylation sites (N-methyl/N-ethyl adjacent to an activating group) is 1. The smallest absolute Gasteiger partial charge is 0.305 e. The highest BCUT2D eigenvalue weighted by molar-refractivity contribution is 6.09. The van der Waals surface area contributed by atoms with Crippen molar-refractivity contribution in [3.63, 3.8) is 0 Å². The molecule has 0 aromatic heterocycles. The van der Waals surface area contributed by atoms with Gasteiger partial charge in [0.05, 0.1) is 17.7 Å². The van der Waals surface area contributed by atoms with Crippen LogP contribution >= 0.6 is 0 Å². The van der Waals surface area contributed by atoms with Crippen LogP contribution in [0.15, 0.2) is 42.5 Å². The van der Waals surface area contributed by atoms with Gasteiger partial charge in [-0.2, -0.15) is 0 Å². The van der Waals surface area contributed by atoms with Crippen molar-refractivity contribution in [1.29, 1.82) is 5.41 Å². The Morgan fingerprint density at radius 2 is 1.90 bits per heavy atom. The minimum Gasteiger partial charge on any atom is -0.489 e. The molecule has 0 radical (unpaired) electrons. The fraction of sp³-hybridized carbons (Fsp3) is 0.238. The van der Waals surface area contributed by atoms with E-state index >= 15 is 0 Å². The molecule has 0 spiro atoms. The second-order valence-corrected chi connectivity index (χ2v) is 6.90. The third kappa shape index (κ3) is 4.57. The van der Waals surface area contributed by atoms with Gasteiger partial charge in [0.2, 0.25) is 5.91 Å². The molecule has 2 aromatic rings. The predicted molar refractivity (Wildman–Crippen MR) is 110 cm³/mol. The van der Waals surface area contributed by atoms with Crippen molar-refractivity contribution in [3.05, 3.63) is 59.2 Å². The van der Waals surface area contributed by atoms with E-state index in [1.54, 1.807) is 49.5 Å². The summed E-state index contributed by atoms with van der Waals surface area (Å²) in [7, 11) is 1.58. The molecular formula is C21H22N4O5. The van der Waals surface area contributed by atoms with Crippen molar-refractivity contribution in [2.45, 2.75) is 13.0 Å². The van der Waals surface area contributed by atoms with Crippen LogP contribution in [0.25, 0.3) is 0 Å². The van der Waals surface area contributed by atoms with Crippen LogP contribution in [0.3, 0.4) is 0 Å². The van der Waals surface area contributed by atoms with E-state index in [0.29, 0.717) is 17.0 Å². The Balaban J connectivity index is 1.80. The predicted octanol–water partition coefficient (Wildman–Crippen LogP) is 1.44. The molecular weight excluding hydrogens is 388 g/mol. The quantitative estimate of drug-likeness (QED) is 0.467. The number of nitrogens with one attached hydrogen (secondary N) is 1. The zero-order valence-corrected chi connectivity index (χ0v) is 16.4. The highest BCUT2D eigenvalue weighted by atomic mass is 16.5. The highest BCUT2D eigenvalue weighted by Gasteiger charge is 2.30. The number of carboxylic acids is 1. The Labute approximate surface area is 173 Å². The third-order valence-corrected chi connectivity index (χ3v) is 4.81. The van der Waals surface area contributed by atoms with Crippen molar-refractivity contribution in [2.75, 3.05) is 25.0 Å². The molecule has 4 N–H and O–H groups in total. The van der Waals surface area contributed by atoms with Crippen LogP contribution in [-0.2, 0) is 16.2 Å². The summed E-state index contributed by atoms with van der Waals surface area (Å²) < 4.78 is 5.79. The number of benzene rings is 2. The number of aliphatic carboxylic acids is 1. The number of amides is 2. The van der Waals surface area contributed by atoms with Crippen molar-refractivity contribution in [2.24, 2.45) is 5.73 Å². The van der Waals surface area contributed by atoms with Crippen LogP contribution in [0.1, 0.15) is 27.9 Å². The van der Waals surface area contributed by atoms with E-state index in [9.17, 15) is 14.4 Å². The standard InChI is InChI=1S/C21H22N4O5/c1-24-17-7-6-15(30-12-13-2-4-14(5-3-13)20(22)23)10-16(17)21(29)25(11-18(24)26)9-8-19(27)28/h2-7,10H,8-9,11-12H2,1H3,(H3,22,23)(H,27,28). The summed E-state index contributed by atoms with van der Waals surface area (Å²) in [5.74, 6) is -1.33. The summed E-state index contributed by atoms with van der Waals surface area (Å²) in [4.78, 5) is 38.8. The van der Waals surface area contributed by atoms with E-state index in [2.05, 4.69) is 0 Å². The number of nitrogens with zero attached hydrogens (tertiary/aromatic N) is 2. The number of amidine groups is 1. The molecule has 0 fully saturated rings. The maximum atomic E-state index is 12.9. The van der Waals surface area contributed by atoms with E-state index < -0.39 is 11.9 Å². The molecule has 1 aliphatic heterocycles. The molecule has 0 saturated heterocycles. The molecule has 1 heterocycles. The van der Waals surface area contributed by atoms with E-state index in [4.69, 9.17) is 21.0 Å². The molecule has 9 heteroatoms. The minimum atomic E-state index is -1.04. The van der Waals surface area contributed by atoms with Crippen LogP contribution in [-0.4, -0.2) is 53.8 Å². The molecule has 0 atom stereocenters. The first kappa shape index (κ1) is 20.8. The van der Waals surface area contributed by atoms with Gasteiger partial charge < -0.3 is 25.4 Å². The van der Waals surface area contributed by atoms with Gasteiger partial charge in [0.15, 0.2) is 0 Å². The van der Waals surface area contributed by atoms with Gasteiger partial charge in [-0.3, -0.25) is 19.8 Å². The maximum Gasteiger partial charge on any atom is 0.305 e. The Hall–Kier alpha value is -3.88. The fourth-order valence-corrected chi connectivity index (χ4v) is 3.07. The zero-order chi connectivity index (χ0) is 21.8. The molecule has 30 heavy (non-hydrogen) atoms. The van der Waals surface area contributed by atoms with Gasteiger partial charge in [0.1, 0.15) is 24.7 Å². The first-order valence-electron chi connectivity index (χ1n) is 9.24. The normalized spacial score (nSPS) is 13.6. The molecule has 0 saturated carbocycles. The summed E-state index contributed by atoms with van der Waals surface area (Å²) >= 11 is 0. The summed E-state index contributed by atoms with van der Waals surface area (Å²) in [6, 6.07) is 11.9. The van der Waals surface area contributed by atoms with Gasteiger partial charge in [-0.05, 0) is 23.8 Å². The monoisotopic (exact) mass is 410 g/mol. The third-order valence-electron chi connectivity index (χ3n) is 4.81. The Morgan fingerprint density at radius 1 is 1.20 bits per heavy atom. The number of carbonyl (C=O) groups excluding carboxylic acids is 2. The molecule has 3 rings (SSSR count). The summed E-state index contributed by atoms with van der Waals surface area (Å²) in [6.07, 6.45) is -0.246. The van der Waals surface area contributed by atoms with E-state index in [1.165, 1.54) is 9.80 Å². The lowest BCUT2D eigenvalue weighted by molar-refractivity contribution is -0.137. The van der Waals surface area contributed by atoms with Crippen LogP contribution in [0.5, 0.6) is 5.75 Å². The number of nitrogen functional groups attached to an aromatic ring is 1. The van der Waals surface area contributed by atoms with Gasteiger partial charge in [-0.15, -0.1) is 0 Å².